The van der Waals surface area contributed by atoms with E-state index in [1.54, 1.807) is 25.4 Å². The van der Waals surface area contributed by atoms with Crippen LogP contribution in [0, 0.1) is 5.92 Å². The van der Waals surface area contributed by atoms with Crippen LogP contribution in [0.2, 0.25) is 0 Å². The normalized spacial score (nSPS) is 21.6. The van der Waals surface area contributed by atoms with Gasteiger partial charge in [0.25, 0.3) is 5.91 Å². The van der Waals surface area contributed by atoms with Crippen LogP contribution in [0.1, 0.15) is 49.9 Å². The predicted molar refractivity (Wildman–Crippen MR) is 88.1 cm³/mol. The van der Waals surface area contributed by atoms with Crippen molar-refractivity contribution in [3.8, 4) is 0 Å². The van der Waals surface area contributed by atoms with Crippen molar-refractivity contribution in [3.63, 3.8) is 0 Å². The molecule has 22 heavy (non-hydrogen) atoms. The average Bonchev–Trinajstić information content (AvgIpc) is 2.56. The van der Waals surface area contributed by atoms with Gasteiger partial charge in [0.15, 0.2) is 0 Å². The highest BCUT2D eigenvalue weighted by Crippen LogP contribution is 2.27. The lowest BCUT2D eigenvalue weighted by atomic mass is 9.89. The fourth-order valence-electron chi connectivity index (χ4n) is 3.13. The van der Waals surface area contributed by atoms with Gasteiger partial charge in [0.1, 0.15) is 5.82 Å². The molecule has 0 radical (unpaired) electrons. The number of carbonyl (C=O) groups excluding carboxylic acids is 1. The molecule has 0 unspecified atom stereocenters. The molecule has 1 aromatic heterocycles. The van der Waals surface area contributed by atoms with Gasteiger partial charge in [-0.3, -0.25) is 4.79 Å². The Balaban J connectivity index is 2.06. The summed E-state index contributed by atoms with van der Waals surface area (Å²) in [4.78, 5) is 16.3. The smallest absolute Gasteiger partial charge is 0.254 e. The second kappa shape index (κ2) is 8.13. The summed E-state index contributed by atoms with van der Waals surface area (Å²) in [6.45, 7) is 5.20. The van der Waals surface area contributed by atoms with Crippen LogP contribution in [0.3, 0.4) is 0 Å². The first-order chi connectivity index (χ1) is 10.7. The van der Waals surface area contributed by atoms with Gasteiger partial charge in [0.2, 0.25) is 0 Å². The molecule has 0 bridgehead atoms. The lowest BCUT2D eigenvalue weighted by Gasteiger charge is -2.34. The number of carbonyl (C=O) groups is 1. The Bertz CT molecular complexity index is 489. The molecular formula is C17H27N3O2. The van der Waals surface area contributed by atoms with Crippen LogP contribution >= 0.6 is 0 Å². The Morgan fingerprint density at radius 2 is 2.23 bits per heavy atom. The lowest BCUT2D eigenvalue weighted by molar-refractivity contribution is -0.0271. The van der Waals surface area contributed by atoms with Crippen LogP contribution in [0.25, 0.3) is 0 Å². The second-order valence-corrected chi connectivity index (χ2v) is 5.83. The molecule has 1 fully saturated rings. The summed E-state index contributed by atoms with van der Waals surface area (Å²) in [6, 6.07) is 3.89. The molecule has 0 saturated carbocycles. The first-order valence-corrected chi connectivity index (χ1v) is 8.24. The van der Waals surface area contributed by atoms with Crippen molar-refractivity contribution < 1.29 is 9.53 Å². The summed E-state index contributed by atoms with van der Waals surface area (Å²) in [5, 5.41) is 6.11. The van der Waals surface area contributed by atoms with Crippen molar-refractivity contribution in [1.82, 2.24) is 10.3 Å². The number of nitrogens with zero attached hydrogens (tertiary/aromatic N) is 1. The van der Waals surface area contributed by atoms with Gasteiger partial charge in [-0.05, 0) is 30.9 Å². The van der Waals surface area contributed by atoms with Gasteiger partial charge in [-0.25, -0.2) is 4.98 Å². The fourth-order valence-corrected chi connectivity index (χ4v) is 3.13. The molecular weight excluding hydrogens is 278 g/mol. The number of anilines is 1. The zero-order chi connectivity index (χ0) is 15.9. The molecule has 1 saturated heterocycles. The SMILES string of the molecule is CCC(CC)[C@H]1C[C@@H](Nc2ncccc2C(=O)NC)CCO1. The van der Waals surface area contributed by atoms with Crippen LogP contribution in [-0.4, -0.2) is 36.7 Å². The summed E-state index contributed by atoms with van der Waals surface area (Å²) in [5.41, 5.74) is 0.593. The minimum Gasteiger partial charge on any atom is -0.378 e. The number of nitrogens with one attached hydrogen (secondary N) is 2. The molecule has 2 N–H and O–H groups in total. The fraction of sp³-hybridized carbons (Fsp3) is 0.647. The maximum Gasteiger partial charge on any atom is 0.254 e. The second-order valence-electron chi connectivity index (χ2n) is 5.83. The topological polar surface area (TPSA) is 63.2 Å². The molecule has 122 valence electrons. The number of amides is 1. The number of hydrogen-bond donors (Lipinski definition) is 2. The molecule has 1 aliphatic rings. The van der Waals surface area contributed by atoms with Crippen molar-refractivity contribution in [2.24, 2.45) is 5.92 Å². The van der Waals surface area contributed by atoms with Gasteiger partial charge >= 0.3 is 0 Å². The van der Waals surface area contributed by atoms with E-state index < -0.39 is 0 Å². The molecule has 1 aromatic rings. The summed E-state index contributed by atoms with van der Waals surface area (Å²) >= 11 is 0. The monoisotopic (exact) mass is 305 g/mol. The third kappa shape index (κ3) is 3.97. The molecule has 0 aliphatic carbocycles. The van der Waals surface area contributed by atoms with E-state index in [1.807, 2.05) is 0 Å². The summed E-state index contributed by atoms with van der Waals surface area (Å²) < 4.78 is 5.95. The third-order valence-electron chi connectivity index (χ3n) is 4.51. The van der Waals surface area contributed by atoms with Crippen molar-refractivity contribution in [1.29, 1.82) is 0 Å². The Kier molecular flexibility index (Phi) is 6.19. The molecule has 2 rings (SSSR count). The molecule has 0 spiro atoms. The van der Waals surface area contributed by atoms with E-state index in [9.17, 15) is 4.79 Å². The standard InChI is InChI=1S/C17H27N3O2/c1-4-12(5-2)15-11-13(8-10-22-15)20-16-14(17(21)18-3)7-6-9-19-16/h6-7,9,12-13,15H,4-5,8,10-11H2,1-3H3,(H,18,21)(H,19,20)/t13-,15+/m0/s1. The predicted octanol–water partition coefficient (Wildman–Crippen LogP) is 2.84. The van der Waals surface area contributed by atoms with Crippen molar-refractivity contribution in [2.45, 2.75) is 51.7 Å². The van der Waals surface area contributed by atoms with Crippen molar-refractivity contribution in [2.75, 3.05) is 19.0 Å². The highest BCUT2D eigenvalue weighted by Gasteiger charge is 2.28. The third-order valence-corrected chi connectivity index (χ3v) is 4.51. The van der Waals surface area contributed by atoms with Gasteiger partial charge in [0.05, 0.1) is 11.7 Å². The number of rotatable bonds is 6. The zero-order valence-corrected chi connectivity index (χ0v) is 13.8. The van der Waals surface area contributed by atoms with E-state index >= 15 is 0 Å². The van der Waals surface area contributed by atoms with Crippen LogP contribution in [0.15, 0.2) is 18.3 Å². The van der Waals surface area contributed by atoms with E-state index in [2.05, 4.69) is 29.5 Å². The van der Waals surface area contributed by atoms with E-state index in [1.165, 1.54) is 0 Å². The van der Waals surface area contributed by atoms with E-state index in [0.717, 1.165) is 32.3 Å². The van der Waals surface area contributed by atoms with Crippen LogP contribution < -0.4 is 10.6 Å². The molecule has 1 aliphatic heterocycles. The quantitative estimate of drug-likeness (QED) is 0.848. The van der Waals surface area contributed by atoms with Crippen LogP contribution in [0.5, 0.6) is 0 Å². The maximum absolute atomic E-state index is 11.9. The van der Waals surface area contributed by atoms with E-state index in [-0.39, 0.29) is 5.91 Å². The Hall–Kier alpha value is -1.62. The van der Waals surface area contributed by atoms with Crippen molar-refractivity contribution >= 4 is 11.7 Å². The number of ether oxygens (including phenoxy) is 1. The van der Waals surface area contributed by atoms with Crippen LogP contribution in [-0.2, 0) is 4.74 Å². The molecule has 1 amide bonds. The Morgan fingerprint density at radius 3 is 2.91 bits per heavy atom. The Morgan fingerprint density at radius 1 is 1.45 bits per heavy atom. The number of aromatic nitrogens is 1. The Labute approximate surface area is 132 Å². The van der Waals surface area contributed by atoms with Gasteiger partial charge < -0.3 is 15.4 Å². The molecule has 0 aromatic carbocycles. The van der Waals surface area contributed by atoms with Gasteiger partial charge in [-0.2, -0.15) is 0 Å². The highest BCUT2D eigenvalue weighted by atomic mass is 16.5. The molecule has 5 nitrogen and oxygen atoms in total. The van der Waals surface area contributed by atoms with E-state index in [0.29, 0.717) is 29.4 Å². The summed E-state index contributed by atoms with van der Waals surface area (Å²) in [5.74, 6) is 1.16. The van der Waals surface area contributed by atoms with Gasteiger partial charge in [0, 0.05) is 25.9 Å². The largest absolute Gasteiger partial charge is 0.378 e. The van der Waals surface area contributed by atoms with Gasteiger partial charge in [-0.15, -0.1) is 0 Å². The minimum atomic E-state index is -0.112. The van der Waals surface area contributed by atoms with Crippen LogP contribution in [0.4, 0.5) is 5.82 Å². The molecule has 2 heterocycles. The average molecular weight is 305 g/mol. The number of hydrogen-bond acceptors (Lipinski definition) is 4. The molecule has 2 atom stereocenters. The minimum absolute atomic E-state index is 0.112. The number of pyridine rings is 1. The maximum atomic E-state index is 11.9. The first kappa shape index (κ1) is 16.7. The molecule has 5 heteroatoms. The summed E-state index contributed by atoms with van der Waals surface area (Å²) in [7, 11) is 1.64. The summed E-state index contributed by atoms with van der Waals surface area (Å²) in [6.07, 6.45) is 6.21. The first-order valence-electron chi connectivity index (χ1n) is 8.24. The van der Waals surface area contributed by atoms with Crippen molar-refractivity contribution in [3.05, 3.63) is 23.9 Å². The lowest BCUT2D eigenvalue weighted by Crippen LogP contribution is -2.38. The highest BCUT2D eigenvalue weighted by molar-refractivity contribution is 5.98. The van der Waals surface area contributed by atoms with Gasteiger partial charge in [-0.1, -0.05) is 26.7 Å². The zero-order valence-electron chi connectivity index (χ0n) is 13.8. The van der Waals surface area contributed by atoms with E-state index in [4.69, 9.17) is 4.74 Å².